The van der Waals surface area contributed by atoms with E-state index in [0.29, 0.717) is 47.6 Å². The van der Waals surface area contributed by atoms with Crippen molar-refractivity contribution in [2.75, 3.05) is 37.2 Å². The molecular formula is C29H38N6O5S. The first kappa shape index (κ1) is 28.8. The van der Waals surface area contributed by atoms with E-state index in [2.05, 4.69) is 10.3 Å². The van der Waals surface area contributed by atoms with Crippen molar-refractivity contribution in [3.8, 4) is 5.82 Å². The zero-order valence-corrected chi connectivity index (χ0v) is 25.3. The number of carbonyl (C=O) groups excluding carboxylic acids is 2. The minimum atomic E-state index is -3.63. The quantitative estimate of drug-likeness (QED) is 0.426. The molecule has 1 saturated heterocycles. The van der Waals surface area contributed by atoms with Crippen LogP contribution in [0, 0.1) is 12.8 Å². The summed E-state index contributed by atoms with van der Waals surface area (Å²) in [5.74, 6) is 0.582. The zero-order valence-electron chi connectivity index (χ0n) is 24.5. The first-order valence-corrected chi connectivity index (χ1v) is 15.8. The molecule has 1 aromatic carbocycles. The Kier molecular flexibility index (Phi) is 7.47. The standard InChI is InChI=1S/C29H38N6O5S/c1-18-7-10-25(31-15-18)35-26(27(36)30-5)22-13-21(20-8-9-20)24(14-23(22)32-35)34(41(6,38)39)12-11-19-16-33(17-19)28(37)40-29(2,3)4/h7,10,13-15,19-20H,8-9,11-12,16-17H2,1-6H3,(H,30,36). The molecule has 0 unspecified atom stereocenters. The van der Waals surface area contributed by atoms with Crippen LogP contribution in [-0.4, -0.2) is 78.6 Å². The summed E-state index contributed by atoms with van der Waals surface area (Å²) >= 11 is 0. The summed E-state index contributed by atoms with van der Waals surface area (Å²) in [5, 5.41) is 8.08. The van der Waals surface area contributed by atoms with E-state index in [1.54, 1.807) is 30.3 Å². The SMILES string of the molecule is CNC(=O)c1c2cc(C3CC3)c(N(CCC3CN(C(=O)OC(C)(C)C)C3)S(C)(=O)=O)cc2nn1-c1ccc(C)cn1. The minimum absolute atomic E-state index is 0.173. The minimum Gasteiger partial charge on any atom is -0.444 e. The Morgan fingerprint density at radius 2 is 1.88 bits per heavy atom. The average molecular weight is 583 g/mol. The number of aromatic nitrogens is 3. The third-order valence-corrected chi connectivity index (χ3v) is 8.59. The topological polar surface area (TPSA) is 127 Å². The molecule has 1 aliphatic heterocycles. The largest absolute Gasteiger partial charge is 0.444 e. The molecule has 220 valence electrons. The molecule has 11 nitrogen and oxygen atoms in total. The summed E-state index contributed by atoms with van der Waals surface area (Å²) in [7, 11) is -2.06. The molecule has 2 aromatic heterocycles. The molecule has 12 heteroatoms. The van der Waals surface area contributed by atoms with Gasteiger partial charge in [0.1, 0.15) is 11.3 Å². The molecule has 2 aliphatic rings. The highest BCUT2D eigenvalue weighted by molar-refractivity contribution is 7.92. The van der Waals surface area contributed by atoms with Gasteiger partial charge >= 0.3 is 6.09 Å². The van der Waals surface area contributed by atoms with Gasteiger partial charge in [-0.2, -0.15) is 5.10 Å². The summed E-state index contributed by atoms with van der Waals surface area (Å²) in [6.45, 7) is 8.77. The normalized spacial score (nSPS) is 16.0. The number of carbonyl (C=O) groups is 2. The molecule has 1 aliphatic carbocycles. The summed E-state index contributed by atoms with van der Waals surface area (Å²) in [6, 6.07) is 7.42. The Morgan fingerprint density at radius 3 is 2.44 bits per heavy atom. The number of ether oxygens (including phenoxy) is 1. The Morgan fingerprint density at radius 1 is 1.17 bits per heavy atom. The maximum atomic E-state index is 13.1. The van der Waals surface area contributed by atoms with Crippen molar-refractivity contribution in [2.45, 2.75) is 58.5 Å². The lowest BCUT2D eigenvalue weighted by atomic mass is 9.96. The van der Waals surface area contributed by atoms with Crippen molar-refractivity contribution in [3.05, 3.63) is 47.3 Å². The molecule has 2 amide bonds. The van der Waals surface area contributed by atoms with Crippen molar-refractivity contribution < 1.29 is 22.7 Å². The first-order valence-electron chi connectivity index (χ1n) is 13.9. The second-order valence-electron chi connectivity index (χ2n) is 12.1. The fourth-order valence-corrected chi connectivity index (χ4v) is 6.11. The Balaban J connectivity index is 1.47. The van der Waals surface area contributed by atoms with Crippen LogP contribution in [0.5, 0.6) is 0 Å². The third-order valence-electron chi connectivity index (χ3n) is 7.41. The van der Waals surface area contributed by atoms with Gasteiger partial charge in [-0.3, -0.25) is 9.10 Å². The van der Waals surface area contributed by atoms with Gasteiger partial charge in [-0.05, 0) is 88.1 Å². The molecule has 3 aromatic rings. The number of rotatable bonds is 8. The number of sulfonamides is 1. The van der Waals surface area contributed by atoms with E-state index in [4.69, 9.17) is 9.84 Å². The molecule has 0 spiro atoms. The van der Waals surface area contributed by atoms with E-state index in [9.17, 15) is 18.0 Å². The molecule has 0 atom stereocenters. The van der Waals surface area contributed by atoms with E-state index in [1.165, 1.54) is 15.2 Å². The number of amides is 2. The lowest BCUT2D eigenvalue weighted by Crippen LogP contribution is -2.52. The Hall–Kier alpha value is -3.67. The van der Waals surface area contributed by atoms with Crippen LogP contribution in [0.4, 0.5) is 10.5 Å². The first-order chi connectivity index (χ1) is 19.2. The van der Waals surface area contributed by atoms with Crippen LogP contribution in [0.2, 0.25) is 0 Å². The molecule has 0 radical (unpaired) electrons. The van der Waals surface area contributed by atoms with Gasteiger partial charge < -0.3 is 15.0 Å². The van der Waals surface area contributed by atoms with Crippen molar-refractivity contribution in [3.63, 3.8) is 0 Å². The van der Waals surface area contributed by atoms with Gasteiger partial charge in [-0.25, -0.2) is 22.9 Å². The van der Waals surface area contributed by atoms with Crippen molar-refractivity contribution in [2.24, 2.45) is 5.92 Å². The molecule has 41 heavy (non-hydrogen) atoms. The molecule has 1 saturated carbocycles. The van der Waals surface area contributed by atoms with E-state index in [-0.39, 0.29) is 30.4 Å². The molecule has 5 rings (SSSR count). The highest BCUT2D eigenvalue weighted by Gasteiger charge is 2.36. The highest BCUT2D eigenvalue weighted by atomic mass is 32.2. The van der Waals surface area contributed by atoms with Crippen LogP contribution in [-0.2, 0) is 14.8 Å². The van der Waals surface area contributed by atoms with Crippen LogP contribution < -0.4 is 9.62 Å². The monoisotopic (exact) mass is 582 g/mol. The van der Waals surface area contributed by atoms with Gasteiger partial charge in [0.05, 0.1) is 17.5 Å². The van der Waals surface area contributed by atoms with Crippen LogP contribution in [0.3, 0.4) is 0 Å². The average Bonchev–Trinajstić information content (AvgIpc) is 3.63. The second-order valence-corrected chi connectivity index (χ2v) is 14.0. The molecule has 1 N–H and O–H groups in total. The van der Waals surface area contributed by atoms with E-state index in [0.717, 1.165) is 24.0 Å². The van der Waals surface area contributed by atoms with Gasteiger partial charge in [-0.1, -0.05) is 6.07 Å². The number of nitrogens with one attached hydrogen (secondary N) is 1. The van der Waals surface area contributed by atoms with Gasteiger partial charge in [0, 0.05) is 38.3 Å². The predicted octanol–water partition coefficient (Wildman–Crippen LogP) is 3.99. The van der Waals surface area contributed by atoms with Gasteiger partial charge in [0.15, 0.2) is 5.82 Å². The number of pyridine rings is 1. The Bertz CT molecular complexity index is 1580. The Labute approximate surface area is 240 Å². The zero-order chi connectivity index (χ0) is 29.7. The number of likely N-dealkylation sites (tertiary alicyclic amines) is 1. The van der Waals surface area contributed by atoms with Crippen molar-refractivity contribution in [1.82, 2.24) is 25.0 Å². The van der Waals surface area contributed by atoms with E-state index in [1.807, 2.05) is 39.8 Å². The lowest BCUT2D eigenvalue weighted by molar-refractivity contribution is -0.00172. The third kappa shape index (κ3) is 6.17. The fourth-order valence-electron chi connectivity index (χ4n) is 5.16. The summed E-state index contributed by atoms with van der Waals surface area (Å²) in [6.07, 6.45) is 5.08. The number of hydrogen-bond donors (Lipinski definition) is 1. The van der Waals surface area contributed by atoms with Gasteiger partial charge in [0.25, 0.3) is 5.91 Å². The van der Waals surface area contributed by atoms with E-state index < -0.39 is 15.6 Å². The number of hydrogen-bond acceptors (Lipinski definition) is 7. The van der Waals surface area contributed by atoms with Gasteiger partial charge in [0.2, 0.25) is 10.0 Å². The number of fused-ring (bicyclic) bond motifs is 1. The van der Waals surface area contributed by atoms with Crippen LogP contribution in [0.15, 0.2) is 30.5 Å². The molecular weight excluding hydrogens is 544 g/mol. The van der Waals surface area contributed by atoms with Crippen LogP contribution in [0.1, 0.15) is 67.6 Å². The van der Waals surface area contributed by atoms with Gasteiger partial charge in [-0.15, -0.1) is 0 Å². The maximum absolute atomic E-state index is 13.1. The summed E-state index contributed by atoms with van der Waals surface area (Å²) in [4.78, 5) is 31.5. The molecule has 2 fully saturated rings. The number of aryl methyl sites for hydroxylation is 1. The summed E-state index contributed by atoms with van der Waals surface area (Å²) < 4.78 is 34.7. The predicted molar refractivity (Wildman–Crippen MR) is 157 cm³/mol. The number of nitrogens with zero attached hydrogens (tertiary/aromatic N) is 5. The molecule has 3 heterocycles. The second kappa shape index (κ2) is 10.6. The van der Waals surface area contributed by atoms with Crippen LogP contribution >= 0.6 is 0 Å². The van der Waals surface area contributed by atoms with Crippen molar-refractivity contribution in [1.29, 1.82) is 0 Å². The van der Waals surface area contributed by atoms with Crippen molar-refractivity contribution >= 4 is 38.6 Å². The lowest BCUT2D eigenvalue weighted by Gasteiger charge is -2.40. The fraction of sp³-hybridized carbons (Fsp3) is 0.517. The summed E-state index contributed by atoms with van der Waals surface area (Å²) in [5.41, 5.74) is 2.78. The maximum Gasteiger partial charge on any atom is 0.410 e. The highest BCUT2D eigenvalue weighted by Crippen LogP contribution is 2.47. The molecule has 0 bridgehead atoms. The number of benzene rings is 1. The number of anilines is 1. The smallest absolute Gasteiger partial charge is 0.410 e. The van der Waals surface area contributed by atoms with Crippen LogP contribution in [0.25, 0.3) is 16.7 Å². The van der Waals surface area contributed by atoms with E-state index >= 15 is 0 Å².